The maximum Gasteiger partial charge on any atom is 0.326 e. The molecule has 10 nitrogen and oxygen atoms in total. The summed E-state index contributed by atoms with van der Waals surface area (Å²) in [5.74, 6) is -8.46. The number of nitrogens with one attached hydrogen (secondary N) is 2. The average Bonchev–Trinajstić information content (AvgIpc) is 2.70. The zero-order valence-corrected chi connectivity index (χ0v) is 17.5. The van der Waals surface area contributed by atoms with Crippen molar-refractivity contribution in [3.8, 4) is 0 Å². The van der Waals surface area contributed by atoms with E-state index in [0.29, 0.717) is 5.56 Å². The number of esters is 2. The van der Waals surface area contributed by atoms with Crippen LogP contribution in [0, 0.1) is 17.7 Å². The number of aliphatic carboxylic acids is 1. The first-order chi connectivity index (χ1) is 14.5. The number of ether oxygens (including phenoxy) is 2. The highest BCUT2D eigenvalue weighted by Gasteiger charge is 2.42. The van der Waals surface area contributed by atoms with Crippen LogP contribution >= 0.6 is 0 Å². The van der Waals surface area contributed by atoms with E-state index in [-0.39, 0.29) is 6.42 Å². The Bertz CT molecular complexity index is 828. The van der Waals surface area contributed by atoms with Gasteiger partial charge in [0.2, 0.25) is 11.8 Å². The summed E-state index contributed by atoms with van der Waals surface area (Å²) in [4.78, 5) is 60.1. The van der Waals surface area contributed by atoms with Crippen molar-refractivity contribution in [2.24, 2.45) is 11.8 Å². The van der Waals surface area contributed by atoms with Crippen LogP contribution in [0.1, 0.15) is 19.4 Å². The summed E-state index contributed by atoms with van der Waals surface area (Å²) >= 11 is 0. The minimum absolute atomic E-state index is 0.124. The Kier molecular flexibility index (Phi) is 9.58. The van der Waals surface area contributed by atoms with Gasteiger partial charge in [-0.1, -0.05) is 19.1 Å². The van der Waals surface area contributed by atoms with Gasteiger partial charge >= 0.3 is 17.9 Å². The molecule has 0 saturated heterocycles. The standard InChI is InChI=1S/C20H25FN2O8/c1-10(15(19(28)30-3)20(29)31-4)16(18(26)27)23-17(25)14(22-11(2)24)9-12-6-5-7-13(21)8-12/h5-8,10,14-16H,9H2,1-4H3,(H,22,24)(H,23,25)(H,26,27)/t10-,14-,16+/m1/s1. The molecule has 0 unspecified atom stereocenters. The molecule has 0 aliphatic carbocycles. The minimum atomic E-state index is -1.69. The zero-order valence-electron chi connectivity index (χ0n) is 17.5. The Morgan fingerprint density at radius 3 is 2.10 bits per heavy atom. The lowest BCUT2D eigenvalue weighted by atomic mass is 9.87. The van der Waals surface area contributed by atoms with Crippen LogP contribution in [-0.4, -0.2) is 61.1 Å². The van der Waals surface area contributed by atoms with Crippen LogP contribution in [0.5, 0.6) is 0 Å². The van der Waals surface area contributed by atoms with Gasteiger partial charge in [-0.25, -0.2) is 9.18 Å². The van der Waals surface area contributed by atoms with E-state index in [9.17, 15) is 33.5 Å². The third-order valence-corrected chi connectivity index (χ3v) is 4.55. The summed E-state index contributed by atoms with van der Waals surface area (Å²) in [7, 11) is 2.04. The fourth-order valence-corrected chi connectivity index (χ4v) is 3.00. The van der Waals surface area contributed by atoms with Crippen LogP contribution in [0.15, 0.2) is 24.3 Å². The Balaban J connectivity index is 3.14. The molecular weight excluding hydrogens is 415 g/mol. The first kappa shape index (κ1) is 25.5. The largest absolute Gasteiger partial charge is 0.480 e. The smallest absolute Gasteiger partial charge is 0.326 e. The third kappa shape index (κ3) is 7.36. The van der Waals surface area contributed by atoms with Crippen molar-refractivity contribution in [2.45, 2.75) is 32.4 Å². The van der Waals surface area contributed by atoms with Gasteiger partial charge in [0.05, 0.1) is 14.2 Å². The molecular formula is C20H25FN2O8. The van der Waals surface area contributed by atoms with Crippen molar-refractivity contribution in [3.63, 3.8) is 0 Å². The molecule has 0 bridgehead atoms. The number of amides is 2. The number of carboxylic acids is 1. The molecule has 0 aliphatic heterocycles. The fourth-order valence-electron chi connectivity index (χ4n) is 3.00. The number of halogens is 1. The Morgan fingerprint density at radius 1 is 1.06 bits per heavy atom. The van der Waals surface area contributed by atoms with Crippen LogP contribution in [0.25, 0.3) is 0 Å². The lowest BCUT2D eigenvalue weighted by Crippen LogP contribution is -2.56. The van der Waals surface area contributed by atoms with Gasteiger partial charge < -0.3 is 25.2 Å². The van der Waals surface area contributed by atoms with E-state index in [1.54, 1.807) is 0 Å². The summed E-state index contributed by atoms with van der Waals surface area (Å²) < 4.78 is 22.5. The van der Waals surface area contributed by atoms with Gasteiger partial charge in [-0.05, 0) is 17.7 Å². The van der Waals surface area contributed by atoms with E-state index in [4.69, 9.17) is 0 Å². The second kappa shape index (κ2) is 11.6. The molecule has 1 aromatic carbocycles. The molecule has 11 heteroatoms. The molecule has 0 spiro atoms. The van der Waals surface area contributed by atoms with Crippen molar-refractivity contribution in [3.05, 3.63) is 35.6 Å². The highest BCUT2D eigenvalue weighted by atomic mass is 19.1. The molecule has 1 aromatic rings. The van der Waals surface area contributed by atoms with E-state index in [2.05, 4.69) is 20.1 Å². The Labute approximate surface area is 178 Å². The number of benzene rings is 1. The number of carboxylic acid groups (broad SMARTS) is 1. The molecule has 0 radical (unpaired) electrons. The molecule has 0 saturated carbocycles. The van der Waals surface area contributed by atoms with Gasteiger partial charge in [0.1, 0.15) is 17.9 Å². The van der Waals surface area contributed by atoms with Gasteiger partial charge in [0, 0.05) is 19.3 Å². The van der Waals surface area contributed by atoms with Crippen molar-refractivity contribution < 1.29 is 42.9 Å². The van der Waals surface area contributed by atoms with E-state index < -0.39 is 59.5 Å². The van der Waals surface area contributed by atoms with Crippen molar-refractivity contribution in [2.75, 3.05) is 14.2 Å². The number of methoxy groups -OCH3 is 2. The third-order valence-electron chi connectivity index (χ3n) is 4.55. The summed E-state index contributed by atoms with van der Waals surface area (Å²) in [6.07, 6.45) is -0.124. The van der Waals surface area contributed by atoms with E-state index >= 15 is 0 Å². The van der Waals surface area contributed by atoms with Crippen LogP contribution in [0.2, 0.25) is 0 Å². The zero-order chi connectivity index (χ0) is 23.7. The number of carbonyl (C=O) groups is 5. The number of rotatable bonds is 10. The van der Waals surface area contributed by atoms with Crippen LogP contribution < -0.4 is 10.6 Å². The predicted octanol–water partition coefficient (Wildman–Crippen LogP) is 0.0406. The first-order valence-electron chi connectivity index (χ1n) is 9.22. The molecule has 0 aliphatic rings. The Hall–Kier alpha value is -3.50. The predicted molar refractivity (Wildman–Crippen MR) is 104 cm³/mol. The average molecular weight is 440 g/mol. The van der Waals surface area contributed by atoms with Gasteiger partial charge in [0.15, 0.2) is 5.92 Å². The quantitative estimate of drug-likeness (QED) is 0.341. The summed E-state index contributed by atoms with van der Waals surface area (Å²) in [5, 5.41) is 14.2. The highest BCUT2D eigenvalue weighted by molar-refractivity contribution is 5.97. The van der Waals surface area contributed by atoms with Crippen molar-refractivity contribution in [1.29, 1.82) is 0 Å². The number of hydrogen-bond donors (Lipinski definition) is 3. The highest BCUT2D eigenvalue weighted by Crippen LogP contribution is 2.20. The molecule has 2 amide bonds. The monoisotopic (exact) mass is 440 g/mol. The summed E-state index contributed by atoms with van der Waals surface area (Å²) in [5.41, 5.74) is 0.385. The molecule has 0 aromatic heterocycles. The van der Waals surface area contributed by atoms with Gasteiger partial charge in [-0.2, -0.15) is 0 Å². The fraction of sp³-hybridized carbons (Fsp3) is 0.450. The normalized spacial score (nSPS) is 13.5. The van der Waals surface area contributed by atoms with E-state index in [1.165, 1.54) is 31.2 Å². The van der Waals surface area contributed by atoms with Crippen LogP contribution in [-0.2, 0) is 39.9 Å². The second-order valence-corrected chi connectivity index (χ2v) is 6.79. The number of hydrogen-bond acceptors (Lipinski definition) is 7. The number of carbonyl (C=O) groups excluding carboxylic acids is 4. The molecule has 3 atom stereocenters. The van der Waals surface area contributed by atoms with E-state index in [1.807, 2.05) is 0 Å². The first-order valence-corrected chi connectivity index (χ1v) is 9.22. The van der Waals surface area contributed by atoms with Crippen LogP contribution in [0.3, 0.4) is 0 Å². The van der Waals surface area contributed by atoms with E-state index in [0.717, 1.165) is 21.1 Å². The molecule has 31 heavy (non-hydrogen) atoms. The van der Waals surface area contributed by atoms with Gasteiger partial charge in [-0.15, -0.1) is 0 Å². The summed E-state index contributed by atoms with van der Waals surface area (Å²) in [6, 6.07) is 2.41. The molecule has 0 fully saturated rings. The van der Waals surface area contributed by atoms with Crippen molar-refractivity contribution in [1.82, 2.24) is 10.6 Å². The molecule has 3 N–H and O–H groups in total. The molecule has 1 rings (SSSR count). The molecule has 170 valence electrons. The van der Waals surface area contributed by atoms with Gasteiger partial charge in [0.25, 0.3) is 0 Å². The van der Waals surface area contributed by atoms with Crippen molar-refractivity contribution >= 4 is 29.7 Å². The Morgan fingerprint density at radius 2 is 1.65 bits per heavy atom. The lowest BCUT2D eigenvalue weighted by Gasteiger charge is -2.27. The molecule has 0 heterocycles. The SMILES string of the molecule is COC(=O)C(C(=O)OC)[C@@H](C)[C@H](NC(=O)[C@@H](Cc1cccc(F)c1)NC(C)=O)C(=O)O. The lowest BCUT2D eigenvalue weighted by molar-refractivity contribution is -0.163. The maximum absolute atomic E-state index is 13.5. The van der Waals surface area contributed by atoms with Crippen LogP contribution in [0.4, 0.5) is 4.39 Å². The topological polar surface area (TPSA) is 148 Å². The summed E-state index contributed by atoms with van der Waals surface area (Å²) in [6.45, 7) is 2.42. The maximum atomic E-state index is 13.5. The van der Waals surface area contributed by atoms with Gasteiger partial charge in [-0.3, -0.25) is 19.2 Å². The second-order valence-electron chi connectivity index (χ2n) is 6.79. The minimum Gasteiger partial charge on any atom is -0.480 e.